The number of hydrogen-bond donors (Lipinski definition) is 0. The highest BCUT2D eigenvalue weighted by Gasteiger charge is 2.21. The Morgan fingerprint density at radius 1 is 0.833 bits per heavy atom. The predicted octanol–water partition coefficient (Wildman–Crippen LogP) is 3.49. The van der Waals surface area contributed by atoms with Crippen molar-refractivity contribution in [1.29, 1.82) is 0 Å². The first-order valence-electron chi connectivity index (χ1n) is 9.79. The van der Waals surface area contributed by atoms with Gasteiger partial charge < -0.3 is 9.80 Å². The van der Waals surface area contributed by atoms with Crippen LogP contribution in [0.2, 0.25) is 0 Å². The number of fused-ring (bicyclic) bond motifs is 1. The van der Waals surface area contributed by atoms with Crippen LogP contribution in [0, 0.1) is 11.6 Å². The van der Waals surface area contributed by atoms with Gasteiger partial charge >= 0.3 is 0 Å². The molecule has 1 aliphatic rings. The van der Waals surface area contributed by atoms with Crippen LogP contribution in [0.15, 0.2) is 54.9 Å². The molecule has 0 bridgehead atoms. The molecule has 3 aromatic heterocycles. The van der Waals surface area contributed by atoms with Gasteiger partial charge in [-0.15, -0.1) is 5.10 Å². The molecule has 1 fully saturated rings. The highest BCUT2D eigenvalue weighted by atomic mass is 19.2. The summed E-state index contributed by atoms with van der Waals surface area (Å²) in [5, 5.41) is 4.86. The Morgan fingerprint density at radius 2 is 1.60 bits per heavy atom. The van der Waals surface area contributed by atoms with Crippen molar-refractivity contribution < 1.29 is 8.78 Å². The van der Waals surface area contributed by atoms with E-state index in [-0.39, 0.29) is 0 Å². The van der Waals surface area contributed by atoms with Crippen LogP contribution < -0.4 is 4.90 Å². The Labute approximate surface area is 172 Å². The number of halogens is 2. The van der Waals surface area contributed by atoms with Crippen molar-refractivity contribution in [3.05, 3.63) is 66.5 Å². The molecular formula is C22H20F2N6. The maximum absolute atomic E-state index is 13.9. The molecule has 0 N–H and O–H groups in total. The van der Waals surface area contributed by atoms with E-state index in [0.29, 0.717) is 16.9 Å². The van der Waals surface area contributed by atoms with E-state index in [4.69, 9.17) is 10.1 Å². The number of aromatic nitrogens is 4. The molecule has 1 saturated heterocycles. The number of nitrogens with zero attached hydrogens (tertiary/aromatic N) is 6. The highest BCUT2D eigenvalue weighted by molar-refractivity contribution is 5.81. The summed E-state index contributed by atoms with van der Waals surface area (Å²) in [6.45, 7) is 3.73. The summed E-state index contributed by atoms with van der Waals surface area (Å²) < 4.78 is 29.2. The molecule has 0 amide bonds. The summed E-state index contributed by atoms with van der Waals surface area (Å²) in [5.74, 6) is -0.931. The molecule has 0 unspecified atom stereocenters. The van der Waals surface area contributed by atoms with E-state index < -0.39 is 11.6 Å². The second-order valence-corrected chi connectivity index (χ2v) is 7.43. The standard InChI is InChI=1S/C22H20F2N6/c1-28-10-12-29(13-11-28)20-5-4-19-26-21(16-2-3-17(23)18(24)14-16)22(30(19)27-20)15-6-8-25-9-7-15/h2-9,14H,10-13H2,1H3. The lowest BCUT2D eigenvalue weighted by molar-refractivity contribution is 0.311. The van der Waals surface area contributed by atoms with Crippen LogP contribution in [0.1, 0.15) is 0 Å². The molecule has 6 nitrogen and oxygen atoms in total. The van der Waals surface area contributed by atoms with Crippen LogP contribution in [0.3, 0.4) is 0 Å². The Bertz CT molecular complexity index is 1200. The fourth-order valence-corrected chi connectivity index (χ4v) is 3.74. The third-order valence-corrected chi connectivity index (χ3v) is 5.44. The smallest absolute Gasteiger partial charge is 0.159 e. The maximum atomic E-state index is 13.9. The quantitative estimate of drug-likeness (QED) is 0.521. The zero-order valence-corrected chi connectivity index (χ0v) is 16.5. The number of pyridine rings is 1. The van der Waals surface area contributed by atoms with Gasteiger partial charge in [-0.3, -0.25) is 4.98 Å². The van der Waals surface area contributed by atoms with Crippen molar-refractivity contribution in [3.8, 4) is 22.5 Å². The Morgan fingerprint density at radius 3 is 2.33 bits per heavy atom. The van der Waals surface area contributed by atoms with Crippen molar-refractivity contribution in [1.82, 2.24) is 24.5 Å². The van der Waals surface area contributed by atoms with Crippen molar-refractivity contribution in [3.63, 3.8) is 0 Å². The van der Waals surface area contributed by atoms with E-state index >= 15 is 0 Å². The van der Waals surface area contributed by atoms with Crippen LogP contribution in [-0.2, 0) is 0 Å². The zero-order valence-electron chi connectivity index (χ0n) is 16.5. The summed E-state index contributed by atoms with van der Waals surface area (Å²) in [6.07, 6.45) is 3.38. The molecule has 1 aromatic carbocycles. The minimum absolute atomic E-state index is 0.493. The maximum Gasteiger partial charge on any atom is 0.159 e. The van der Waals surface area contributed by atoms with Gasteiger partial charge in [0, 0.05) is 49.7 Å². The predicted molar refractivity (Wildman–Crippen MR) is 111 cm³/mol. The molecule has 0 atom stereocenters. The van der Waals surface area contributed by atoms with Crippen LogP contribution in [-0.4, -0.2) is 57.7 Å². The monoisotopic (exact) mass is 406 g/mol. The van der Waals surface area contributed by atoms with Crippen LogP contribution in [0.4, 0.5) is 14.6 Å². The number of benzene rings is 1. The topological polar surface area (TPSA) is 49.6 Å². The lowest BCUT2D eigenvalue weighted by Gasteiger charge is -2.33. The van der Waals surface area contributed by atoms with Crippen molar-refractivity contribution in [2.45, 2.75) is 0 Å². The zero-order chi connectivity index (χ0) is 20.7. The minimum Gasteiger partial charge on any atom is -0.353 e. The Balaban J connectivity index is 1.69. The molecule has 30 heavy (non-hydrogen) atoms. The van der Waals surface area contributed by atoms with Gasteiger partial charge in [-0.2, -0.15) is 0 Å². The molecule has 0 spiro atoms. The summed E-state index contributed by atoms with van der Waals surface area (Å²) >= 11 is 0. The molecular weight excluding hydrogens is 386 g/mol. The summed E-state index contributed by atoms with van der Waals surface area (Å²) in [7, 11) is 2.11. The average molecular weight is 406 g/mol. The largest absolute Gasteiger partial charge is 0.353 e. The molecule has 5 rings (SSSR count). The fraction of sp³-hybridized carbons (Fsp3) is 0.227. The van der Waals surface area contributed by atoms with Crippen LogP contribution in [0.25, 0.3) is 28.2 Å². The van der Waals surface area contributed by atoms with Gasteiger partial charge in [0.25, 0.3) is 0 Å². The molecule has 0 radical (unpaired) electrons. The van der Waals surface area contributed by atoms with E-state index in [1.807, 2.05) is 24.3 Å². The van der Waals surface area contributed by atoms with Gasteiger partial charge in [0.05, 0.1) is 5.69 Å². The fourth-order valence-electron chi connectivity index (χ4n) is 3.74. The van der Waals surface area contributed by atoms with Crippen molar-refractivity contribution in [2.75, 3.05) is 38.1 Å². The van der Waals surface area contributed by atoms with E-state index in [0.717, 1.165) is 49.3 Å². The van der Waals surface area contributed by atoms with Gasteiger partial charge in [-0.05, 0) is 49.5 Å². The Kier molecular flexibility index (Phi) is 4.63. The average Bonchev–Trinajstić information content (AvgIpc) is 3.15. The number of likely N-dealkylation sites (N-methyl/N-ethyl adjacent to an activating group) is 1. The van der Waals surface area contributed by atoms with Crippen LogP contribution >= 0.6 is 0 Å². The van der Waals surface area contributed by atoms with E-state index in [1.54, 1.807) is 16.9 Å². The van der Waals surface area contributed by atoms with Crippen LogP contribution in [0.5, 0.6) is 0 Å². The highest BCUT2D eigenvalue weighted by Crippen LogP contribution is 2.33. The van der Waals surface area contributed by atoms with Gasteiger partial charge in [-0.25, -0.2) is 18.3 Å². The number of hydrogen-bond acceptors (Lipinski definition) is 5. The van der Waals surface area contributed by atoms with Gasteiger partial charge in [0.1, 0.15) is 11.5 Å². The first-order valence-corrected chi connectivity index (χ1v) is 9.79. The lowest BCUT2D eigenvalue weighted by atomic mass is 10.1. The number of anilines is 1. The molecule has 4 heterocycles. The van der Waals surface area contributed by atoms with Crippen molar-refractivity contribution in [2.24, 2.45) is 0 Å². The van der Waals surface area contributed by atoms with Gasteiger partial charge in [0.15, 0.2) is 17.3 Å². The molecule has 8 heteroatoms. The molecule has 1 aliphatic heterocycles. The van der Waals surface area contributed by atoms with Gasteiger partial charge in [-0.1, -0.05) is 0 Å². The first kappa shape index (κ1) is 18.6. The molecule has 0 aliphatic carbocycles. The summed E-state index contributed by atoms with van der Waals surface area (Å²) in [4.78, 5) is 13.3. The molecule has 4 aromatic rings. The summed E-state index contributed by atoms with van der Waals surface area (Å²) in [6, 6.07) is 11.4. The normalized spacial score (nSPS) is 15.1. The lowest BCUT2D eigenvalue weighted by Crippen LogP contribution is -2.44. The van der Waals surface area contributed by atoms with Crippen molar-refractivity contribution >= 4 is 11.5 Å². The number of piperazine rings is 1. The third kappa shape index (κ3) is 3.29. The number of imidazole rings is 1. The second kappa shape index (κ2) is 7.46. The first-order chi connectivity index (χ1) is 14.6. The van der Waals surface area contributed by atoms with Gasteiger partial charge in [0.2, 0.25) is 0 Å². The minimum atomic E-state index is -0.906. The second-order valence-electron chi connectivity index (χ2n) is 7.43. The summed E-state index contributed by atoms with van der Waals surface area (Å²) in [5.41, 5.74) is 3.24. The van der Waals surface area contributed by atoms with E-state index in [1.165, 1.54) is 12.1 Å². The van der Waals surface area contributed by atoms with E-state index in [2.05, 4.69) is 21.8 Å². The number of rotatable bonds is 3. The Hall–Kier alpha value is -3.39. The molecule has 152 valence electrons. The SMILES string of the molecule is CN1CCN(c2ccc3nc(-c4ccc(F)c(F)c4)c(-c4ccncc4)n3n2)CC1. The van der Waals surface area contributed by atoms with E-state index in [9.17, 15) is 8.78 Å². The third-order valence-electron chi connectivity index (χ3n) is 5.44. The molecule has 0 saturated carbocycles.